The fourth-order valence-electron chi connectivity index (χ4n) is 1.79. The number of ether oxygens (including phenoxy) is 1. The van der Waals surface area contributed by atoms with Crippen LogP contribution in [-0.4, -0.2) is 13.7 Å². The lowest BCUT2D eigenvalue weighted by molar-refractivity contribution is 0.203. The quantitative estimate of drug-likeness (QED) is 0.728. The Kier molecular flexibility index (Phi) is 3.36. The van der Waals surface area contributed by atoms with Crippen LogP contribution in [0.25, 0.3) is 6.08 Å². The van der Waals surface area contributed by atoms with E-state index in [0.717, 1.165) is 19.4 Å². The van der Waals surface area contributed by atoms with E-state index in [4.69, 9.17) is 4.74 Å². The highest BCUT2D eigenvalue weighted by molar-refractivity contribution is 5.59. The van der Waals surface area contributed by atoms with Crippen molar-refractivity contribution in [1.82, 2.24) is 0 Å². The number of hydrogen-bond donors (Lipinski definition) is 0. The first-order chi connectivity index (χ1) is 7.40. The molecule has 0 spiro atoms. The zero-order valence-electron chi connectivity index (χ0n) is 9.07. The van der Waals surface area contributed by atoms with Crippen LogP contribution in [0.5, 0.6) is 0 Å². The van der Waals surface area contributed by atoms with Crippen LogP contribution >= 0.6 is 0 Å². The highest BCUT2D eigenvalue weighted by atomic mass is 16.5. The van der Waals surface area contributed by atoms with Crippen molar-refractivity contribution < 1.29 is 4.74 Å². The van der Waals surface area contributed by atoms with E-state index in [1.54, 1.807) is 7.11 Å². The van der Waals surface area contributed by atoms with Crippen molar-refractivity contribution in [2.75, 3.05) is 13.7 Å². The van der Waals surface area contributed by atoms with E-state index in [1.807, 2.05) is 0 Å². The van der Waals surface area contributed by atoms with Gasteiger partial charge in [0.15, 0.2) is 0 Å². The van der Waals surface area contributed by atoms with Crippen LogP contribution in [0.4, 0.5) is 0 Å². The Labute approximate surface area is 91.1 Å². The van der Waals surface area contributed by atoms with Gasteiger partial charge in [-0.2, -0.15) is 0 Å². The maximum Gasteiger partial charge on any atom is 0.0502 e. The van der Waals surface area contributed by atoms with Crippen molar-refractivity contribution in [2.24, 2.45) is 0 Å². The van der Waals surface area contributed by atoms with Crippen molar-refractivity contribution in [3.8, 4) is 0 Å². The van der Waals surface area contributed by atoms with Crippen molar-refractivity contribution in [3.63, 3.8) is 0 Å². The normalized spacial score (nSPS) is 14.3. The van der Waals surface area contributed by atoms with Gasteiger partial charge in [0.1, 0.15) is 0 Å². The maximum absolute atomic E-state index is 5.09. The highest BCUT2D eigenvalue weighted by Crippen LogP contribution is 2.19. The predicted molar refractivity (Wildman–Crippen MR) is 63.8 cm³/mol. The molecule has 0 unspecified atom stereocenters. The summed E-state index contributed by atoms with van der Waals surface area (Å²) in [6.45, 7) is 0.798. The third kappa shape index (κ3) is 2.57. The lowest BCUT2D eigenvalue weighted by atomic mass is 10.1. The summed E-state index contributed by atoms with van der Waals surface area (Å²) in [5.41, 5.74) is 4.11. The second-order valence-electron chi connectivity index (χ2n) is 3.76. The van der Waals surface area contributed by atoms with Gasteiger partial charge >= 0.3 is 0 Å². The van der Waals surface area contributed by atoms with E-state index in [-0.39, 0.29) is 0 Å². The molecule has 0 amide bonds. The largest absolute Gasteiger partial charge is 0.384 e. The number of allylic oxidation sites excluding steroid dienone is 2. The monoisotopic (exact) mass is 200 g/mol. The third-order valence-corrected chi connectivity index (χ3v) is 2.71. The van der Waals surface area contributed by atoms with E-state index in [0.29, 0.717) is 0 Å². The lowest BCUT2D eigenvalue weighted by Crippen LogP contribution is -1.90. The van der Waals surface area contributed by atoms with Gasteiger partial charge in [0, 0.05) is 7.11 Å². The molecule has 0 fully saturated rings. The van der Waals surface area contributed by atoms with Crippen molar-refractivity contribution in [1.29, 1.82) is 0 Å². The Hall–Kier alpha value is -1.34. The smallest absolute Gasteiger partial charge is 0.0502 e. The molecule has 1 aliphatic rings. The Morgan fingerprint density at radius 2 is 2.07 bits per heavy atom. The lowest BCUT2D eigenvalue weighted by Gasteiger charge is -2.00. The van der Waals surface area contributed by atoms with Gasteiger partial charge in [0.05, 0.1) is 6.61 Å². The summed E-state index contributed by atoms with van der Waals surface area (Å²) in [5.74, 6) is 0. The molecule has 1 nitrogen and oxygen atoms in total. The maximum atomic E-state index is 5.09. The number of fused-ring (bicyclic) bond motifs is 1. The molecule has 78 valence electrons. The van der Waals surface area contributed by atoms with Crippen LogP contribution in [-0.2, 0) is 11.2 Å². The minimum absolute atomic E-state index is 0.798. The Morgan fingerprint density at radius 1 is 1.20 bits per heavy atom. The summed E-state index contributed by atoms with van der Waals surface area (Å²) < 4.78 is 5.09. The molecule has 1 heteroatoms. The zero-order valence-corrected chi connectivity index (χ0v) is 9.07. The van der Waals surface area contributed by atoms with Gasteiger partial charge in [-0.3, -0.25) is 0 Å². The van der Waals surface area contributed by atoms with Crippen molar-refractivity contribution in [2.45, 2.75) is 12.8 Å². The van der Waals surface area contributed by atoms with Gasteiger partial charge in [-0.05, 0) is 29.5 Å². The molecule has 0 heterocycles. The van der Waals surface area contributed by atoms with Gasteiger partial charge in [0.25, 0.3) is 0 Å². The molecule has 0 bridgehead atoms. The Bertz CT molecular complexity index is 388. The summed E-state index contributed by atoms with van der Waals surface area (Å²) in [6, 6.07) is 8.54. The molecule has 1 aromatic rings. The van der Waals surface area contributed by atoms with Gasteiger partial charge < -0.3 is 4.74 Å². The Morgan fingerprint density at radius 3 is 2.93 bits per heavy atom. The van der Waals surface area contributed by atoms with E-state index >= 15 is 0 Å². The highest BCUT2D eigenvalue weighted by Gasteiger charge is 2.02. The summed E-state index contributed by atoms with van der Waals surface area (Å²) in [5, 5.41) is 0. The standard InChI is InChI=1S/C14H16O/c1-15-11-10-12-6-8-13-4-2-3-5-14(13)9-7-12/h2-8H,9-11H2,1H3. The number of methoxy groups -OCH3 is 1. The number of rotatable bonds is 3. The molecule has 0 atom stereocenters. The molecular weight excluding hydrogens is 184 g/mol. The van der Waals surface area contributed by atoms with Crippen LogP contribution in [0.15, 0.2) is 42.0 Å². The molecule has 15 heavy (non-hydrogen) atoms. The van der Waals surface area contributed by atoms with Crippen molar-refractivity contribution in [3.05, 3.63) is 53.1 Å². The SMILES string of the molecule is COCCC1=CCc2ccccc2C=C1. The average molecular weight is 200 g/mol. The molecule has 0 saturated carbocycles. The number of hydrogen-bond acceptors (Lipinski definition) is 1. The van der Waals surface area contributed by atoms with Crippen LogP contribution in [0.3, 0.4) is 0 Å². The van der Waals surface area contributed by atoms with Crippen LogP contribution in [0, 0.1) is 0 Å². The minimum Gasteiger partial charge on any atom is -0.384 e. The van der Waals surface area contributed by atoms with Gasteiger partial charge in [-0.25, -0.2) is 0 Å². The summed E-state index contributed by atoms with van der Waals surface area (Å²) >= 11 is 0. The first-order valence-corrected chi connectivity index (χ1v) is 5.34. The first-order valence-electron chi connectivity index (χ1n) is 5.34. The molecule has 0 aromatic heterocycles. The van der Waals surface area contributed by atoms with Crippen molar-refractivity contribution >= 4 is 6.08 Å². The van der Waals surface area contributed by atoms with E-state index in [9.17, 15) is 0 Å². The molecular formula is C14H16O. The summed E-state index contributed by atoms with van der Waals surface area (Å²) in [4.78, 5) is 0. The first kappa shape index (κ1) is 10.2. The van der Waals surface area contributed by atoms with Crippen LogP contribution in [0.1, 0.15) is 17.5 Å². The molecule has 0 saturated heterocycles. The van der Waals surface area contributed by atoms with E-state index < -0.39 is 0 Å². The average Bonchev–Trinajstić information content (AvgIpc) is 2.49. The van der Waals surface area contributed by atoms with Crippen LogP contribution < -0.4 is 0 Å². The fraction of sp³-hybridized carbons (Fsp3) is 0.286. The zero-order chi connectivity index (χ0) is 10.5. The fourth-order valence-corrected chi connectivity index (χ4v) is 1.79. The van der Waals surface area contributed by atoms with Gasteiger partial charge in [0.2, 0.25) is 0 Å². The van der Waals surface area contributed by atoms with Crippen LogP contribution in [0.2, 0.25) is 0 Å². The molecule has 0 aliphatic heterocycles. The van der Waals surface area contributed by atoms with Gasteiger partial charge in [-0.1, -0.05) is 42.5 Å². The van der Waals surface area contributed by atoms with Gasteiger partial charge in [-0.15, -0.1) is 0 Å². The molecule has 2 rings (SSSR count). The topological polar surface area (TPSA) is 9.23 Å². The number of benzene rings is 1. The molecule has 0 radical (unpaired) electrons. The van der Waals surface area contributed by atoms with E-state index in [1.165, 1.54) is 16.7 Å². The molecule has 0 N–H and O–H groups in total. The minimum atomic E-state index is 0.798. The Balaban J connectivity index is 2.15. The third-order valence-electron chi connectivity index (χ3n) is 2.71. The predicted octanol–water partition coefficient (Wildman–Crippen LogP) is 3.22. The molecule has 1 aromatic carbocycles. The summed E-state index contributed by atoms with van der Waals surface area (Å²) in [6.07, 6.45) is 8.72. The second-order valence-corrected chi connectivity index (χ2v) is 3.76. The second kappa shape index (κ2) is 4.94. The molecule has 1 aliphatic carbocycles. The van der Waals surface area contributed by atoms with E-state index in [2.05, 4.69) is 42.5 Å². The summed E-state index contributed by atoms with van der Waals surface area (Å²) in [7, 11) is 1.75.